The second-order valence-electron chi connectivity index (χ2n) is 4.50. The maximum absolute atomic E-state index is 12.0. The molecule has 0 aromatic heterocycles. The monoisotopic (exact) mass is 282 g/mol. The van der Waals surface area contributed by atoms with Crippen molar-refractivity contribution in [3.8, 4) is 0 Å². The quantitative estimate of drug-likeness (QED) is 0.711. The molecule has 16 heavy (non-hydrogen) atoms. The molecule has 0 radical (unpaired) electrons. The van der Waals surface area contributed by atoms with E-state index in [-0.39, 0.29) is 5.78 Å². The van der Waals surface area contributed by atoms with Crippen LogP contribution < -0.4 is 0 Å². The Balaban J connectivity index is 2.73. The minimum Gasteiger partial charge on any atom is -0.294 e. The lowest BCUT2D eigenvalue weighted by Gasteiger charge is -2.10. The summed E-state index contributed by atoms with van der Waals surface area (Å²) in [5.74, 6) is 0.721. The number of ketones is 1. The zero-order valence-corrected chi connectivity index (χ0v) is 11.8. The Bertz CT molecular complexity index is 371. The number of benzene rings is 1. The van der Waals surface area contributed by atoms with Crippen molar-refractivity contribution in [1.29, 1.82) is 0 Å². The van der Waals surface area contributed by atoms with Gasteiger partial charge in [-0.2, -0.15) is 0 Å². The van der Waals surface area contributed by atoms with E-state index in [1.54, 1.807) is 0 Å². The van der Waals surface area contributed by atoms with E-state index >= 15 is 0 Å². The van der Waals surface area contributed by atoms with Crippen LogP contribution in [0.15, 0.2) is 22.7 Å². The molecule has 0 spiro atoms. The fourth-order valence-corrected chi connectivity index (χ4v) is 2.58. The summed E-state index contributed by atoms with van der Waals surface area (Å²) >= 11 is 3.46. The van der Waals surface area contributed by atoms with Crippen molar-refractivity contribution < 1.29 is 4.79 Å². The first-order valence-electron chi connectivity index (χ1n) is 5.84. The first-order valence-corrected chi connectivity index (χ1v) is 6.63. The van der Waals surface area contributed by atoms with Crippen LogP contribution >= 0.6 is 15.9 Å². The predicted molar refractivity (Wildman–Crippen MR) is 71.9 cm³/mol. The summed E-state index contributed by atoms with van der Waals surface area (Å²) in [5, 5.41) is 0. The number of carbonyl (C=O) groups excluding carboxylic acids is 1. The number of hydrogen-bond donors (Lipinski definition) is 0. The SMILES string of the molecule is CCCC(C)CC(=O)c1ccc(C)cc1Br. The van der Waals surface area contributed by atoms with Gasteiger partial charge in [-0.1, -0.05) is 54.8 Å². The lowest BCUT2D eigenvalue weighted by Crippen LogP contribution is -2.06. The molecule has 0 fully saturated rings. The van der Waals surface area contributed by atoms with Crippen molar-refractivity contribution in [2.45, 2.75) is 40.0 Å². The highest BCUT2D eigenvalue weighted by molar-refractivity contribution is 9.10. The highest BCUT2D eigenvalue weighted by Gasteiger charge is 2.13. The van der Waals surface area contributed by atoms with Crippen LogP contribution in [0.2, 0.25) is 0 Å². The molecule has 0 heterocycles. The Labute approximate surface area is 106 Å². The van der Waals surface area contributed by atoms with Crippen LogP contribution in [-0.2, 0) is 0 Å². The number of rotatable bonds is 5. The zero-order valence-electron chi connectivity index (χ0n) is 10.2. The smallest absolute Gasteiger partial charge is 0.164 e. The van der Waals surface area contributed by atoms with Gasteiger partial charge in [-0.15, -0.1) is 0 Å². The van der Waals surface area contributed by atoms with Crippen molar-refractivity contribution in [2.75, 3.05) is 0 Å². The van der Waals surface area contributed by atoms with E-state index in [1.807, 2.05) is 25.1 Å². The standard InChI is InChI=1S/C14H19BrO/c1-4-5-10(2)9-14(16)12-7-6-11(3)8-13(12)15/h6-8,10H,4-5,9H2,1-3H3. The predicted octanol–water partition coefficient (Wildman–Crippen LogP) is 4.77. The average Bonchev–Trinajstić information content (AvgIpc) is 2.17. The highest BCUT2D eigenvalue weighted by Crippen LogP contribution is 2.22. The molecule has 0 N–H and O–H groups in total. The van der Waals surface area contributed by atoms with Gasteiger partial charge in [0.15, 0.2) is 5.78 Å². The van der Waals surface area contributed by atoms with Crippen molar-refractivity contribution in [3.05, 3.63) is 33.8 Å². The van der Waals surface area contributed by atoms with Crippen molar-refractivity contribution in [2.24, 2.45) is 5.92 Å². The molecule has 1 rings (SSSR count). The summed E-state index contributed by atoms with van der Waals surface area (Å²) in [6, 6.07) is 5.90. The molecule has 0 saturated carbocycles. The van der Waals surface area contributed by atoms with E-state index in [0.717, 1.165) is 22.9 Å². The van der Waals surface area contributed by atoms with E-state index in [0.29, 0.717) is 12.3 Å². The molecule has 0 saturated heterocycles. The first kappa shape index (κ1) is 13.4. The summed E-state index contributed by atoms with van der Waals surface area (Å²) in [4.78, 5) is 12.0. The fraction of sp³-hybridized carbons (Fsp3) is 0.500. The molecule has 88 valence electrons. The third-order valence-corrected chi connectivity index (χ3v) is 3.40. The molecule has 0 aliphatic heterocycles. The minimum absolute atomic E-state index is 0.243. The maximum Gasteiger partial charge on any atom is 0.164 e. The van der Waals surface area contributed by atoms with Gasteiger partial charge in [-0.25, -0.2) is 0 Å². The van der Waals surface area contributed by atoms with Crippen LogP contribution in [0.1, 0.15) is 49.0 Å². The minimum atomic E-state index is 0.243. The molecule has 2 heteroatoms. The van der Waals surface area contributed by atoms with Gasteiger partial charge in [0, 0.05) is 16.5 Å². The van der Waals surface area contributed by atoms with Gasteiger partial charge >= 0.3 is 0 Å². The first-order chi connectivity index (χ1) is 7.54. The van der Waals surface area contributed by atoms with Crippen LogP contribution in [0.5, 0.6) is 0 Å². The van der Waals surface area contributed by atoms with Crippen LogP contribution in [-0.4, -0.2) is 5.78 Å². The molecule has 1 aromatic carbocycles. The van der Waals surface area contributed by atoms with E-state index in [4.69, 9.17) is 0 Å². The molecule has 0 amide bonds. The topological polar surface area (TPSA) is 17.1 Å². The van der Waals surface area contributed by atoms with Gasteiger partial charge in [-0.3, -0.25) is 4.79 Å². The molecule has 1 atom stereocenters. The van der Waals surface area contributed by atoms with Gasteiger partial charge in [-0.05, 0) is 24.5 Å². The van der Waals surface area contributed by atoms with E-state index in [1.165, 1.54) is 5.56 Å². The Hall–Kier alpha value is -0.630. The molecule has 0 aliphatic carbocycles. The molecular weight excluding hydrogens is 264 g/mol. The molecule has 0 aliphatic rings. The van der Waals surface area contributed by atoms with E-state index in [2.05, 4.69) is 29.8 Å². The Morgan fingerprint density at radius 1 is 1.44 bits per heavy atom. The maximum atomic E-state index is 12.0. The normalized spacial score (nSPS) is 12.5. The zero-order chi connectivity index (χ0) is 12.1. The number of halogens is 1. The van der Waals surface area contributed by atoms with Gasteiger partial charge in [0.05, 0.1) is 0 Å². The molecule has 1 unspecified atom stereocenters. The molecule has 1 nitrogen and oxygen atoms in total. The van der Waals surface area contributed by atoms with Crippen molar-refractivity contribution in [1.82, 2.24) is 0 Å². The third-order valence-electron chi connectivity index (χ3n) is 2.74. The van der Waals surface area contributed by atoms with Gasteiger partial charge in [0.2, 0.25) is 0 Å². The second-order valence-corrected chi connectivity index (χ2v) is 5.36. The Morgan fingerprint density at radius 3 is 2.69 bits per heavy atom. The van der Waals surface area contributed by atoms with Crippen LogP contribution in [0.4, 0.5) is 0 Å². The van der Waals surface area contributed by atoms with Gasteiger partial charge in [0.1, 0.15) is 0 Å². The van der Waals surface area contributed by atoms with Crippen molar-refractivity contribution in [3.63, 3.8) is 0 Å². The van der Waals surface area contributed by atoms with E-state index < -0.39 is 0 Å². The van der Waals surface area contributed by atoms with Gasteiger partial charge < -0.3 is 0 Å². The second kappa shape index (κ2) is 6.19. The van der Waals surface area contributed by atoms with Crippen LogP contribution in [0.3, 0.4) is 0 Å². The van der Waals surface area contributed by atoms with Crippen LogP contribution in [0.25, 0.3) is 0 Å². The van der Waals surface area contributed by atoms with Crippen molar-refractivity contribution >= 4 is 21.7 Å². The summed E-state index contributed by atoms with van der Waals surface area (Å²) in [7, 11) is 0. The summed E-state index contributed by atoms with van der Waals surface area (Å²) in [6.07, 6.45) is 2.91. The fourth-order valence-electron chi connectivity index (χ4n) is 1.87. The lowest BCUT2D eigenvalue weighted by atomic mass is 9.96. The van der Waals surface area contributed by atoms with E-state index in [9.17, 15) is 4.79 Å². The molecule has 0 bridgehead atoms. The highest BCUT2D eigenvalue weighted by atomic mass is 79.9. The summed E-state index contributed by atoms with van der Waals surface area (Å²) < 4.78 is 0.918. The van der Waals surface area contributed by atoms with Gasteiger partial charge in [0.25, 0.3) is 0 Å². The summed E-state index contributed by atoms with van der Waals surface area (Å²) in [5.41, 5.74) is 1.98. The number of hydrogen-bond acceptors (Lipinski definition) is 1. The molecule has 1 aromatic rings. The number of carbonyl (C=O) groups is 1. The summed E-state index contributed by atoms with van der Waals surface area (Å²) in [6.45, 7) is 6.32. The Morgan fingerprint density at radius 2 is 2.12 bits per heavy atom. The van der Waals surface area contributed by atoms with Crippen LogP contribution in [0, 0.1) is 12.8 Å². The molecular formula is C14H19BrO. The Kier molecular flexibility index (Phi) is 5.20. The number of Topliss-reactive ketones (excluding diaryl/α,β-unsaturated/α-hetero) is 1. The number of aryl methyl sites for hydroxylation is 1. The largest absolute Gasteiger partial charge is 0.294 e. The lowest BCUT2D eigenvalue weighted by molar-refractivity contribution is 0.0962. The average molecular weight is 283 g/mol. The third kappa shape index (κ3) is 3.75.